The molecule has 0 aliphatic rings. The average molecular weight is 691 g/mol. The van der Waals surface area contributed by atoms with Gasteiger partial charge < -0.3 is 26.2 Å². The van der Waals surface area contributed by atoms with Crippen LogP contribution in [0.15, 0.2) is 12.2 Å². The molecule has 0 saturated carbocycles. The molecule has 0 aliphatic carbocycles. The number of carbonyl (C=O) groups is 1. The lowest BCUT2D eigenvalue weighted by Crippen LogP contribution is -2.47. The molecule has 280 valence electrons. The van der Waals surface area contributed by atoms with Gasteiger partial charge >= 0.3 is 7.82 Å². The summed E-state index contributed by atoms with van der Waals surface area (Å²) >= 11 is 0. The second kappa shape index (κ2) is 33.7. The van der Waals surface area contributed by atoms with Crippen molar-refractivity contribution >= 4 is 13.7 Å². The largest absolute Gasteiger partial charge is 0.472 e. The number of unbranched alkanes of at least 4 members (excludes halogenated alkanes) is 20. The van der Waals surface area contributed by atoms with Gasteiger partial charge in [0.25, 0.3) is 0 Å². The number of nitrogens with two attached hydrogens (primary N) is 1. The van der Waals surface area contributed by atoms with Crippen molar-refractivity contribution in [1.82, 2.24) is 5.32 Å². The van der Waals surface area contributed by atoms with Crippen LogP contribution in [0.3, 0.4) is 0 Å². The lowest BCUT2D eigenvalue weighted by Gasteiger charge is -2.25. The van der Waals surface area contributed by atoms with Crippen molar-refractivity contribution in [2.24, 2.45) is 5.73 Å². The Morgan fingerprint density at radius 3 is 1.64 bits per heavy atom. The Morgan fingerprint density at radius 2 is 1.15 bits per heavy atom. The van der Waals surface area contributed by atoms with E-state index >= 15 is 0 Å². The van der Waals surface area contributed by atoms with E-state index in [9.17, 15) is 24.5 Å². The number of amides is 1. The monoisotopic (exact) mass is 691 g/mol. The maximum Gasteiger partial charge on any atom is 0.472 e. The summed E-state index contributed by atoms with van der Waals surface area (Å²) in [7, 11) is -4.36. The number of carbonyl (C=O) groups excluding carboxylic acids is 1. The van der Waals surface area contributed by atoms with Crippen molar-refractivity contribution in [3.63, 3.8) is 0 Å². The number of aliphatic hydroxyl groups excluding tert-OH is 2. The zero-order valence-electron chi connectivity index (χ0n) is 30.4. The fraction of sp³-hybridized carbons (Fsp3) is 0.919. The molecule has 4 unspecified atom stereocenters. The molecule has 0 radical (unpaired) electrons. The zero-order valence-corrected chi connectivity index (χ0v) is 31.3. The summed E-state index contributed by atoms with van der Waals surface area (Å²) < 4.78 is 22.0. The minimum atomic E-state index is -4.36. The maximum absolute atomic E-state index is 12.7. The van der Waals surface area contributed by atoms with E-state index in [2.05, 4.69) is 31.3 Å². The third kappa shape index (κ3) is 32.2. The lowest BCUT2D eigenvalue weighted by molar-refractivity contribution is -0.125. The van der Waals surface area contributed by atoms with Crippen LogP contribution in [0, 0.1) is 0 Å². The third-order valence-corrected chi connectivity index (χ3v) is 9.66. The molecule has 0 aliphatic heterocycles. The van der Waals surface area contributed by atoms with Gasteiger partial charge in [0.1, 0.15) is 0 Å². The Bertz CT molecular complexity index is 771. The molecule has 0 spiro atoms. The minimum absolute atomic E-state index is 0.0593. The molecule has 47 heavy (non-hydrogen) atoms. The molecule has 0 heterocycles. The number of phosphoric acid groups is 1. The third-order valence-electron chi connectivity index (χ3n) is 8.67. The Kier molecular flexibility index (Phi) is 33.1. The van der Waals surface area contributed by atoms with Crippen molar-refractivity contribution in [3.8, 4) is 0 Å². The average Bonchev–Trinajstić information content (AvgIpc) is 3.04. The summed E-state index contributed by atoms with van der Waals surface area (Å²) in [5.41, 5.74) is 5.34. The summed E-state index contributed by atoms with van der Waals surface area (Å²) in [5.74, 6) is -0.421. The summed E-state index contributed by atoms with van der Waals surface area (Å²) in [6.45, 7) is 3.99. The molecule has 0 saturated heterocycles. The molecule has 0 aromatic carbocycles. The van der Waals surface area contributed by atoms with E-state index in [1.54, 1.807) is 0 Å². The van der Waals surface area contributed by atoms with Crippen LogP contribution >= 0.6 is 7.82 Å². The molecule has 0 rings (SSSR count). The summed E-state index contributed by atoms with van der Waals surface area (Å²) in [6, 6.07) is -0.893. The lowest BCUT2D eigenvalue weighted by atomic mass is 10.0. The molecule has 0 fully saturated rings. The first-order chi connectivity index (χ1) is 22.8. The topological polar surface area (TPSA) is 151 Å². The molecule has 0 bridgehead atoms. The highest BCUT2D eigenvalue weighted by atomic mass is 31.2. The van der Waals surface area contributed by atoms with Crippen molar-refractivity contribution in [2.45, 2.75) is 199 Å². The van der Waals surface area contributed by atoms with Gasteiger partial charge in [-0.2, -0.15) is 0 Å². The Labute approximate surface area is 288 Å². The van der Waals surface area contributed by atoms with Gasteiger partial charge in [-0.3, -0.25) is 13.8 Å². The van der Waals surface area contributed by atoms with Crippen LogP contribution in [-0.4, -0.2) is 59.0 Å². The number of nitrogens with one attached hydrogen (secondary N) is 1. The molecule has 0 aromatic heterocycles. The van der Waals surface area contributed by atoms with Crippen LogP contribution in [-0.2, 0) is 18.4 Å². The molecule has 4 atom stereocenters. The quantitative estimate of drug-likeness (QED) is 0.0248. The van der Waals surface area contributed by atoms with Gasteiger partial charge in [-0.1, -0.05) is 148 Å². The van der Waals surface area contributed by atoms with Gasteiger partial charge in [-0.15, -0.1) is 0 Å². The Morgan fingerprint density at radius 1 is 0.702 bits per heavy atom. The maximum atomic E-state index is 12.7. The molecule has 6 N–H and O–H groups in total. The predicted octanol–water partition coefficient (Wildman–Crippen LogP) is 9.02. The normalized spacial score (nSPS) is 15.1. The van der Waals surface area contributed by atoms with E-state index in [1.165, 1.54) is 103 Å². The Hall–Kier alpha value is -0.800. The van der Waals surface area contributed by atoms with E-state index < -0.39 is 32.0 Å². The molecule has 9 nitrogen and oxygen atoms in total. The zero-order chi connectivity index (χ0) is 34.9. The molecule has 10 heteroatoms. The molecular formula is C37H75N2O7P. The van der Waals surface area contributed by atoms with Gasteiger partial charge in [0, 0.05) is 6.54 Å². The second-order valence-corrected chi connectivity index (χ2v) is 14.8. The smallest absolute Gasteiger partial charge is 0.393 e. The number of rotatable bonds is 36. The van der Waals surface area contributed by atoms with Crippen molar-refractivity contribution < 1.29 is 33.5 Å². The van der Waals surface area contributed by atoms with Crippen LogP contribution in [0.2, 0.25) is 0 Å². The second-order valence-electron chi connectivity index (χ2n) is 13.3. The number of hydrogen-bond donors (Lipinski definition) is 5. The van der Waals surface area contributed by atoms with E-state index in [0.29, 0.717) is 12.8 Å². The SMILES string of the molecule is CCCCCCCCCC/C=C\CCCCCCCC(O)CC(=O)NC(COP(=O)(O)OCCN)C(O)CCCCCCCCCC. The van der Waals surface area contributed by atoms with Gasteiger partial charge in [0.2, 0.25) is 5.91 Å². The minimum Gasteiger partial charge on any atom is -0.393 e. The number of allylic oxidation sites excluding steroid dienone is 2. The van der Waals surface area contributed by atoms with Gasteiger partial charge in [0.05, 0.1) is 37.9 Å². The fourth-order valence-electron chi connectivity index (χ4n) is 5.70. The molecular weight excluding hydrogens is 615 g/mol. The van der Waals surface area contributed by atoms with E-state index in [4.69, 9.17) is 14.8 Å². The highest BCUT2D eigenvalue weighted by Crippen LogP contribution is 2.43. The van der Waals surface area contributed by atoms with Crippen molar-refractivity contribution in [2.75, 3.05) is 19.8 Å². The van der Waals surface area contributed by atoms with Crippen LogP contribution in [0.5, 0.6) is 0 Å². The first-order valence-electron chi connectivity index (χ1n) is 19.4. The summed E-state index contributed by atoms with van der Waals surface area (Å²) in [5, 5.41) is 24.0. The fourth-order valence-corrected chi connectivity index (χ4v) is 6.46. The number of hydrogen-bond acceptors (Lipinski definition) is 7. The highest BCUT2D eigenvalue weighted by molar-refractivity contribution is 7.47. The van der Waals surface area contributed by atoms with Crippen LogP contribution < -0.4 is 11.1 Å². The van der Waals surface area contributed by atoms with Crippen LogP contribution in [0.4, 0.5) is 0 Å². The van der Waals surface area contributed by atoms with Crippen LogP contribution in [0.25, 0.3) is 0 Å². The van der Waals surface area contributed by atoms with E-state index in [0.717, 1.165) is 44.9 Å². The molecule has 1 amide bonds. The van der Waals surface area contributed by atoms with Crippen molar-refractivity contribution in [1.29, 1.82) is 0 Å². The first kappa shape index (κ1) is 46.2. The van der Waals surface area contributed by atoms with Gasteiger partial charge in [-0.25, -0.2) is 4.57 Å². The predicted molar refractivity (Wildman–Crippen MR) is 195 cm³/mol. The van der Waals surface area contributed by atoms with E-state index in [1.807, 2.05) is 0 Å². The first-order valence-corrected chi connectivity index (χ1v) is 20.9. The molecule has 0 aromatic rings. The van der Waals surface area contributed by atoms with Gasteiger partial charge in [-0.05, 0) is 38.5 Å². The van der Waals surface area contributed by atoms with Crippen molar-refractivity contribution in [3.05, 3.63) is 12.2 Å². The summed E-state index contributed by atoms with van der Waals surface area (Å²) in [4.78, 5) is 22.6. The van der Waals surface area contributed by atoms with Crippen LogP contribution in [0.1, 0.15) is 181 Å². The Balaban J connectivity index is 4.24. The highest BCUT2D eigenvalue weighted by Gasteiger charge is 2.28. The number of aliphatic hydroxyl groups is 2. The standard InChI is InChI=1S/C37H75N2O7P/c1-3-5-7-9-11-13-14-15-16-17-18-19-20-21-22-24-26-28-34(40)32-37(42)39-35(33-46-47(43,44)45-31-30-38)36(41)29-27-25-23-12-10-8-6-4-2/h17-18,34-36,40-41H,3-16,19-33,38H2,1-2H3,(H,39,42)(H,43,44)/b18-17-. The summed E-state index contributed by atoms with van der Waals surface area (Å²) in [6.07, 6.45) is 31.3. The number of phosphoric ester groups is 1. The van der Waals surface area contributed by atoms with E-state index in [-0.39, 0.29) is 26.2 Å². The van der Waals surface area contributed by atoms with Gasteiger partial charge in [0.15, 0.2) is 0 Å².